The number of thiophene rings is 1. The molecule has 2 amide bonds. The monoisotopic (exact) mass is 467 g/mol. The number of urea groups is 1. The van der Waals surface area contributed by atoms with Crippen molar-refractivity contribution in [1.29, 1.82) is 0 Å². The lowest BCUT2D eigenvalue weighted by atomic mass is 9.89. The van der Waals surface area contributed by atoms with Gasteiger partial charge >= 0.3 is 6.03 Å². The maximum atomic E-state index is 13.1. The first kappa shape index (κ1) is 22.1. The van der Waals surface area contributed by atoms with Crippen LogP contribution in [0.5, 0.6) is 0 Å². The van der Waals surface area contributed by atoms with E-state index in [0.29, 0.717) is 18.8 Å². The zero-order valence-electron chi connectivity index (χ0n) is 19.4. The molecule has 8 heteroatoms. The lowest BCUT2D eigenvalue weighted by Crippen LogP contribution is -2.50. The molecule has 33 heavy (non-hydrogen) atoms. The fourth-order valence-corrected chi connectivity index (χ4v) is 6.07. The number of rotatable bonds is 3. The van der Waals surface area contributed by atoms with E-state index >= 15 is 0 Å². The highest BCUT2D eigenvalue weighted by molar-refractivity contribution is 7.19. The van der Waals surface area contributed by atoms with Gasteiger partial charge in [0.2, 0.25) is 0 Å². The van der Waals surface area contributed by atoms with Crippen LogP contribution in [0.2, 0.25) is 0 Å². The molecule has 2 aliphatic rings. The summed E-state index contributed by atoms with van der Waals surface area (Å²) in [6, 6.07) is 5.70. The molecule has 0 spiro atoms. The van der Waals surface area contributed by atoms with Gasteiger partial charge in [-0.15, -0.1) is 11.3 Å². The van der Waals surface area contributed by atoms with E-state index in [0.717, 1.165) is 48.3 Å². The second-order valence-electron chi connectivity index (χ2n) is 9.50. The fourth-order valence-electron chi connectivity index (χ4n) is 4.68. The number of aromatic nitrogens is 2. The van der Waals surface area contributed by atoms with Gasteiger partial charge in [0.15, 0.2) is 0 Å². The molecule has 1 atom stereocenters. The largest absolute Gasteiger partial charge is 0.352 e. The zero-order chi connectivity index (χ0) is 23.1. The summed E-state index contributed by atoms with van der Waals surface area (Å²) in [5.41, 5.74) is 2.04. The van der Waals surface area contributed by atoms with Gasteiger partial charge in [0.25, 0.3) is 0 Å². The number of carbonyl (C=O) groups excluding carboxylic acids is 1. The third-order valence-corrected chi connectivity index (χ3v) is 7.78. The summed E-state index contributed by atoms with van der Waals surface area (Å²) in [6.45, 7) is 9.27. The van der Waals surface area contributed by atoms with Gasteiger partial charge < -0.3 is 15.1 Å². The van der Waals surface area contributed by atoms with Gasteiger partial charge in [0.05, 0.1) is 5.39 Å². The van der Waals surface area contributed by atoms with Gasteiger partial charge in [0.1, 0.15) is 22.3 Å². The summed E-state index contributed by atoms with van der Waals surface area (Å²) >= 11 is 1.84. The number of hydrogen-bond acceptors (Lipinski definition) is 5. The van der Waals surface area contributed by atoms with Crippen molar-refractivity contribution in [2.75, 3.05) is 36.4 Å². The highest BCUT2D eigenvalue weighted by atomic mass is 32.1. The highest BCUT2D eigenvalue weighted by Crippen LogP contribution is 2.41. The van der Waals surface area contributed by atoms with E-state index in [1.807, 2.05) is 16.2 Å². The Morgan fingerprint density at radius 2 is 1.88 bits per heavy atom. The van der Waals surface area contributed by atoms with E-state index in [1.165, 1.54) is 34.4 Å². The molecule has 0 bridgehead atoms. The van der Waals surface area contributed by atoms with Crippen LogP contribution in [0, 0.1) is 11.7 Å². The minimum Gasteiger partial charge on any atom is -0.352 e. The quantitative estimate of drug-likeness (QED) is 0.558. The summed E-state index contributed by atoms with van der Waals surface area (Å²) in [7, 11) is 0. The van der Waals surface area contributed by atoms with Crippen molar-refractivity contribution in [3.63, 3.8) is 0 Å². The summed E-state index contributed by atoms with van der Waals surface area (Å²) in [5, 5.41) is 4.10. The normalized spacial score (nSPS) is 18.6. The van der Waals surface area contributed by atoms with Crippen LogP contribution in [0.15, 0.2) is 24.3 Å². The number of piperazine rings is 1. The standard InChI is InChI=1S/C25H30FN5OS/c1-15(2)22-28-23(21-19-9-4-16(3)14-20(19)33-24(21)29-22)30-10-12-31(13-11-30)25(32)27-18-7-5-17(26)6-8-18/h5-8,15-16H,4,9-14H2,1-3H3,(H,27,32)/t16-/m1/s1. The van der Waals surface area contributed by atoms with Gasteiger partial charge in [-0.3, -0.25) is 0 Å². The van der Waals surface area contributed by atoms with Crippen LogP contribution >= 0.6 is 11.3 Å². The minimum absolute atomic E-state index is 0.154. The third-order valence-electron chi connectivity index (χ3n) is 6.63. The van der Waals surface area contributed by atoms with Gasteiger partial charge in [0, 0.05) is 42.7 Å². The lowest BCUT2D eigenvalue weighted by Gasteiger charge is -2.36. The van der Waals surface area contributed by atoms with Crippen molar-refractivity contribution >= 4 is 39.1 Å². The molecule has 1 aliphatic carbocycles. The zero-order valence-corrected chi connectivity index (χ0v) is 20.2. The topological polar surface area (TPSA) is 61.4 Å². The number of benzene rings is 1. The fraction of sp³-hybridized carbons (Fsp3) is 0.480. The van der Waals surface area contributed by atoms with E-state index in [1.54, 1.807) is 12.1 Å². The molecule has 1 N–H and O–H groups in total. The van der Waals surface area contributed by atoms with Crippen LogP contribution in [0.4, 0.5) is 20.7 Å². The Bertz CT molecular complexity index is 1170. The Kier molecular flexibility index (Phi) is 5.95. The first-order valence-corrected chi connectivity index (χ1v) is 12.6. The molecule has 0 saturated carbocycles. The number of amides is 2. The number of aryl methyl sites for hydroxylation is 1. The molecule has 2 aromatic heterocycles. The number of halogens is 1. The SMILES string of the molecule is CC(C)c1nc(N2CCN(C(=O)Nc3ccc(F)cc3)CC2)c2c3c(sc2n1)C[C@H](C)CC3. The van der Waals surface area contributed by atoms with Gasteiger partial charge in [-0.1, -0.05) is 20.8 Å². The summed E-state index contributed by atoms with van der Waals surface area (Å²) in [4.78, 5) is 29.4. The molecular weight excluding hydrogens is 437 g/mol. The molecule has 1 aliphatic heterocycles. The molecule has 174 valence electrons. The van der Waals surface area contributed by atoms with Gasteiger partial charge in [-0.2, -0.15) is 0 Å². The first-order valence-electron chi connectivity index (χ1n) is 11.8. The van der Waals surface area contributed by atoms with E-state index in [4.69, 9.17) is 9.97 Å². The lowest BCUT2D eigenvalue weighted by molar-refractivity contribution is 0.208. The Morgan fingerprint density at radius 3 is 2.58 bits per heavy atom. The van der Waals surface area contributed by atoms with Crippen molar-refractivity contribution < 1.29 is 9.18 Å². The van der Waals surface area contributed by atoms with Crippen molar-refractivity contribution in [3.05, 3.63) is 46.3 Å². The van der Waals surface area contributed by atoms with Crippen LogP contribution in [0.1, 0.15) is 49.4 Å². The molecule has 0 unspecified atom stereocenters. The van der Waals surface area contributed by atoms with Gasteiger partial charge in [-0.05, 0) is 55.0 Å². The molecule has 1 aromatic carbocycles. The van der Waals surface area contributed by atoms with Crippen LogP contribution in [0.3, 0.4) is 0 Å². The number of anilines is 2. The van der Waals surface area contributed by atoms with E-state index in [2.05, 4.69) is 31.0 Å². The predicted octanol–water partition coefficient (Wildman–Crippen LogP) is 5.43. The van der Waals surface area contributed by atoms with Crippen molar-refractivity contribution in [1.82, 2.24) is 14.9 Å². The average Bonchev–Trinajstić information content (AvgIpc) is 3.17. The van der Waals surface area contributed by atoms with Gasteiger partial charge in [-0.25, -0.2) is 19.2 Å². The summed E-state index contributed by atoms with van der Waals surface area (Å²) in [5.74, 6) is 2.59. The summed E-state index contributed by atoms with van der Waals surface area (Å²) in [6.07, 6.45) is 3.43. The number of nitrogens with one attached hydrogen (secondary N) is 1. The molecule has 0 radical (unpaired) electrons. The van der Waals surface area contributed by atoms with E-state index in [9.17, 15) is 9.18 Å². The van der Waals surface area contributed by atoms with Crippen LogP contribution < -0.4 is 10.2 Å². The molecule has 3 aromatic rings. The van der Waals surface area contributed by atoms with Crippen molar-refractivity contribution in [2.24, 2.45) is 5.92 Å². The van der Waals surface area contributed by atoms with Crippen molar-refractivity contribution in [3.8, 4) is 0 Å². The molecule has 1 saturated heterocycles. The van der Waals surface area contributed by atoms with Crippen LogP contribution in [0.25, 0.3) is 10.2 Å². The first-order chi connectivity index (χ1) is 15.9. The predicted molar refractivity (Wildman–Crippen MR) is 132 cm³/mol. The Morgan fingerprint density at radius 1 is 1.15 bits per heavy atom. The number of nitrogens with zero attached hydrogens (tertiary/aromatic N) is 4. The molecule has 6 nitrogen and oxygen atoms in total. The van der Waals surface area contributed by atoms with E-state index in [-0.39, 0.29) is 17.8 Å². The number of hydrogen-bond donors (Lipinski definition) is 1. The molecular formula is C25H30FN5OS. The van der Waals surface area contributed by atoms with Crippen molar-refractivity contribution in [2.45, 2.75) is 46.0 Å². The molecule has 3 heterocycles. The number of carbonyl (C=O) groups is 1. The molecule has 1 fully saturated rings. The van der Waals surface area contributed by atoms with Crippen LogP contribution in [-0.2, 0) is 12.8 Å². The van der Waals surface area contributed by atoms with E-state index < -0.39 is 0 Å². The minimum atomic E-state index is -0.316. The average molecular weight is 468 g/mol. The Labute approximate surface area is 197 Å². The highest BCUT2D eigenvalue weighted by Gasteiger charge is 2.29. The second-order valence-corrected chi connectivity index (χ2v) is 10.6. The summed E-state index contributed by atoms with van der Waals surface area (Å²) < 4.78 is 13.1. The van der Waals surface area contributed by atoms with Crippen LogP contribution in [-0.4, -0.2) is 47.1 Å². The smallest absolute Gasteiger partial charge is 0.321 e. The maximum absolute atomic E-state index is 13.1. The Hall–Kier alpha value is -2.74. The maximum Gasteiger partial charge on any atom is 0.321 e. The third kappa shape index (κ3) is 4.40. The number of fused-ring (bicyclic) bond motifs is 3. The molecule has 5 rings (SSSR count). The Balaban J connectivity index is 1.37. The second kappa shape index (κ2) is 8.89.